The Kier molecular flexibility index (Phi) is 3.05. The lowest BCUT2D eigenvalue weighted by atomic mass is 10.1. The maximum Gasteiger partial charge on any atom is 0.254 e. The average Bonchev–Trinajstić information content (AvgIpc) is 2.33. The zero-order valence-corrected chi connectivity index (χ0v) is 8.97. The van der Waals surface area contributed by atoms with Gasteiger partial charge in [-0.25, -0.2) is 15.0 Å². The molecule has 2 heterocycles. The summed E-state index contributed by atoms with van der Waals surface area (Å²) in [6, 6.07) is 0. The minimum Gasteiger partial charge on any atom is -0.310 e. The summed E-state index contributed by atoms with van der Waals surface area (Å²) in [5, 5.41) is 0. The third kappa shape index (κ3) is 2.31. The minimum absolute atomic E-state index is 0.0873. The Balaban J connectivity index is 2.26. The van der Waals surface area contributed by atoms with Crippen molar-refractivity contribution in [2.75, 3.05) is 0 Å². The molecule has 0 aromatic carbocycles. The van der Waals surface area contributed by atoms with Crippen LogP contribution in [0.1, 0.15) is 23.9 Å². The highest BCUT2D eigenvalue weighted by Crippen LogP contribution is 2.01. The quantitative estimate of drug-likeness (QED) is 0.820. The number of aryl methyl sites for hydroxylation is 1. The van der Waals surface area contributed by atoms with E-state index in [0.717, 1.165) is 12.0 Å². The van der Waals surface area contributed by atoms with Gasteiger partial charge in [0.05, 0.1) is 0 Å². The normalized spacial score (nSPS) is 10.3. The van der Waals surface area contributed by atoms with Gasteiger partial charge < -0.3 is 4.98 Å². The van der Waals surface area contributed by atoms with Gasteiger partial charge in [0.1, 0.15) is 12.2 Å². The van der Waals surface area contributed by atoms with Gasteiger partial charge >= 0.3 is 0 Å². The van der Waals surface area contributed by atoms with Crippen LogP contribution in [0.5, 0.6) is 0 Å². The fourth-order valence-electron chi connectivity index (χ4n) is 1.40. The number of rotatable bonds is 3. The number of aromatic amines is 1. The Morgan fingerprint density at radius 1 is 1.25 bits per heavy atom. The Bertz CT molecular complexity index is 521. The van der Waals surface area contributed by atoms with Gasteiger partial charge in [0.25, 0.3) is 5.56 Å². The molecule has 0 aliphatic rings. The number of hydrogen-bond donors (Lipinski definition) is 1. The van der Waals surface area contributed by atoms with Crippen molar-refractivity contribution in [3.63, 3.8) is 0 Å². The SMILES string of the molecule is CCc1ncc(Cc2cncnc2)c(=O)[nH]1. The molecule has 0 bridgehead atoms. The van der Waals surface area contributed by atoms with E-state index in [2.05, 4.69) is 19.9 Å². The minimum atomic E-state index is -0.0873. The van der Waals surface area contributed by atoms with E-state index in [1.807, 2.05) is 6.92 Å². The Hall–Kier alpha value is -2.04. The van der Waals surface area contributed by atoms with E-state index < -0.39 is 0 Å². The molecule has 0 saturated heterocycles. The second-order valence-corrected chi connectivity index (χ2v) is 3.46. The molecule has 16 heavy (non-hydrogen) atoms. The largest absolute Gasteiger partial charge is 0.310 e. The fourth-order valence-corrected chi connectivity index (χ4v) is 1.40. The van der Waals surface area contributed by atoms with Crippen molar-refractivity contribution in [3.8, 4) is 0 Å². The smallest absolute Gasteiger partial charge is 0.254 e. The third-order valence-electron chi connectivity index (χ3n) is 2.27. The van der Waals surface area contributed by atoms with Crippen molar-refractivity contribution in [2.24, 2.45) is 0 Å². The lowest BCUT2D eigenvalue weighted by Crippen LogP contribution is -2.16. The van der Waals surface area contributed by atoms with E-state index in [1.54, 1.807) is 18.6 Å². The maximum absolute atomic E-state index is 11.7. The Morgan fingerprint density at radius 2 is 2.00 bits per heavy atom. The second-order valence-electron chi connectivity index (χ2n) is 3.46. The van der Waals surface area contributed by atoms with Crippen molar-refractivity contribution in [1.82, 2.24) is 19.9 Å². The average molecular weight is 216 g/mol. The van der Waals surface area contributed by atoms with E-state index >= 15 is 0 Å². The van der Waals surface area contributed by atoms with Crippen LogP contribution in [-0.2, 0) is 12.8 Å². The van der Waals surface area contributed by atoms with Crippen LogP contribution in [0.4, 0.5) is 0 Å². The molecule has 0 aliphatic heterocycles. The number of H-pyrrole nitrogens is 1. The van der Waals surface area contributed by atoms with E-state index in [0.29, 0.717) is 17.8 Å². The summed E-state index contributed by atoms with van der Waals surface area (Å²) in [4.78, 5) is 26.4. The summed E-state index contributed by atoms with van der Waals surface area (Å²) in [6.45, 7) is 1.95. The first kappa shape index (κ1) is 10.5. The molecule has 2 aromatic rings. The summed E-state index contributed by atoms with van der Waals surface area (Å²) in [5.41, 5.74) is 1.45. The first-order valence-electron chi connectivity index (χ1n) is 5.10. The highest BCUT2D eigenvalue weighted by atomic mass is 16.1. The molecule has 5 heteroatoms. The van der Waals surface area contributed by atoms with Gasteiger partial charge in [0.2, 0.25) is 0 Å². The lowest BCUT2D eigenvalue weighted by Gasteiger charge is -2.01. The van der Waals surface area contributed by atoms with Gasteiger partial charge in [-0.15, -0.1) is 0 Å². The lowest BCUT2D eigenvalue weighted by molar-refractivity contribution is 0.892. The molecule has 0 amide bonds. The van der Waals surface area contributed by atoms with Gasteiger partial charge in [-0.2, -0.15) is 0 Å². The molecule has 2 rings (SSSR count). The molecule has 0 saturated carbocycles. The van der Waals surface area contributed by atoms with Crippen molar-refractivity contribution >= 4 is 0 Å². The van der Waals surface area contributed by atoms with Gasteiger partial charge in [0.15, 0.2) is 0 Å². The van der Waals surface area contributed by atoms with Gasteiger partial charge in [0, 0.05) is 37.0 Å². The first-order valence-corrected chi connectivity index (χ1v) is 5.10. The Morgan fingerprint density at radius 3 is 2.62 bits per heavy atom. The van der Waals surface area contributed by atoms with E-state index in [9.17, 15) is 4.79 Å². The molecule has 0 unspecified atom stereocenters. The molecule has 2 aromatic heterocycles. The summed E-state index contributed by atoms with van der Waals surface area (Å²) in [7, 11) is 0. The van der Waals surface area contributed by atoms with Crippen molar-refractivity contribution in [2.45, 2.75) is 19.8 Å². The van der Waals surface area contributed by atoms with Crippen molar-refractivity contribution < 1.29 is 0 Å². The molecule has 82 valence electrons. The zero-order valence-electron chi connectivity index (χ0n) is 8.97. The topological polar surface area (TPSA) is 71.5 Å². The summed E-state index contributed by atoms with van der Waals surface area (Å²) >= 11 is 0. The summed E-state index contributed by atoms with van der Waals surface area (Å²) < 4.78 is 0. The van der Waals surface area contributed by atoms with Gasteiger partial charge in [-0.05, 0) is 5.56 Å². The highest BCUT2D eigenvalue weighted by molar-refractivity contribution is 5.17. The predicted molar refractivity (Wildman–Crippen MR) is 59.1 cm³/mol. The molecule has 0 spiro atoms. The molecule has 0 fully saturated rings. The molecular weight excluding hydrogens is 204 g/mol. The van der Waals surface area contributed by atoms with Crippen LogP contribution in [0.2, 0.25) is 0 Å². The Labute approximate surface area is 92.6 Å². The van der Waals surface area contributed by atoms with Crippen LogP contribution in [-0.4, -0.2) is 19.9 Å². The zero-order chi connectivity index (χ0) is 11.4. The van der Waals surface area contributed by atoms with E-state index in [1.165, 1.54) is 6.33 Å². The van der Waals surface area contributed by atoms with Crippen LogP contribution in [0, 0.1) is 0 Å². The van der Waals surface area contributed by atoms with Gasteiger partial charge in [-0.1, -0.05) is 6.92 Å². The van der Waals surface area contributed by atoms with Crippen LogP contribution < -0.4 is 5.56 Å². The second kappa shape index (κ2) is 4.65. The fraction of sp³-hybridized carbons (Fsp3) is 0.273. The monoisotopic (exact) mass is 216 g/mol. The third-order valence-corrected chi connectivity index (χ3v) is 2.27. The van der Waals surface area contributed by atoms with E-state index in [4.69, 9.17) is 0 Å². The molecule has 0 radical (unpaired) electrons. The van der Waals surface area contributed by atoms with Crippen molar-refractivity contribution in [3.05, 3.63) is 52.2 Å². The van der Waals surface area contributed by atoms with Crippen molar-refractivity contribution in [1.29, 1.82) is 0 Å². The number of aromatic nitrogens is 4. The molecule has 5 nitrogen and oxygen atoms in total. The molecule has 1 N–H and O–H groups in total. The first-order chi connectivity index (χ1) is 7.79. The van der Waals surface area contributed by atoms with Crippen LogP contribution >= 0.6 is 0 Å². The number of hydrogen-bond acceptors (Lipinski definition) is 4. The van der Waals surface area contributed by atoms with Gasteiger partial charge in [-0.3, -0.25) is 4.79 Å². The van der Waals surface area contributed by atoms with Crippen LogP contribution in [0.3, 0.4) is 0 Å². The molecular formula is C11H12N4O. The summed E-state index contributed by atoms with van der Waals surface area (Å²) in [5.74, 6) is 0.707. The molecule has 0 aliphatic carbocycles. The highest BCUT2D eigenvalue weighted by Gasteiger charge is 2.03. The number of nitrogens with one attached hydrogen (secondary N) is 1. The predicted octanol–water partition coefficient (Wildman–Crippen LogP) is 0.713. The van der Waals surface area contributed by atoms with Crippen LogP contribution in [0.25, 0.3) is 0 Å². The maximum atomic E-state index is 11.7. The molecule has 0 atom stereocenters. The standard InChI is InChI=1S/C11H12N4O/c1-2-10-14-6-9(11(16)15-10)3-8-4-12-7-13-5-8/h4-7H,2-3H2,1H3,(H,14,15,16). The van der Waals surface area contributed by atoms with Crippen LogP contribution in [0.15, 0.2) is 29.7 Å². The summed E-state index contributed by atoms with van der Waals surface area (Å²) in [6.07, 6.45) is 7.70. The number of nitrogens with zero attached hydrogens (tertiary/aromatic N) is 3. The van der Waals surface area contributed by atoms with E-state index in [-0.39, 0.29) is 5.56 Å².